The molecule has 2 aromatic carbocycles. The van der Waals surface area contributed by atoms with Gasteiger partial charge in [-0.15, -0.1) is 0 Å². The summed E-state index contributed by atoms with van der Waals surface area (Å²) in [6.45, 7) is 0.282. The highest BCUT2D eigenvalue weighted by Gasteiger charge is 2.40. The first-order chi connectivity index (χ1) is 13.5. The minimum Gasteiger partial charge on any atom is -0.497 e. The number of hydrogen-bond acceptors (Lipinski definition) is 4. The van der Waals surface area contributed by atoms with Crippen LogP contribution in [-0.4, -0.2) is 49.2 Å². The van der Waals surface area contributed by atoms with Crippen LogP contribution >= 0.6 is 0 Å². The third-order valence-corrected chi connectivity index (χ3v) is 5.39. The molecule has 3 aromatic rings. The number of amides is 1. The maximum absolute atomic E-state index is 13.1. The lowest BCUT2D eigenvalue weighted by Crippen LogP contribution is -2.36. The molecule has 1 aliphatic heterocycles. The van der Waals surface area contributed by atoms with E-state index in [0.29, 0.717) is 5.69 Å². The van der Waals surface area contributed by atoms with Gasteiger partial charge in [0.15, 0.2) is 0 Å². The first-order valence-corrected chi connectivity index (χ1v) is 9.12. The molecule has 0 saturated heterocycles. The number of hydrogen-bond donors (Lipinski definition) is 0. The van der Waals surface area contributed by atoms with E-state index in [2.05, 4.69) is 0 Å². The molecule has 0 radical (unpaired) electrons. The smallest absolute Gasteiger partial charge is 0.312 e. The highest BCUT2D eigenvalue weighted by atomic mass is 16.5. The van der Waals surface area contributed by atoms with E-state index < -0.39 is 5.92 Å². The molecule has 1 aliphatic rings. The molecule has 4 rings (SSSR count). The Labute approximate surface area is 163 Å². The molecule has 6 heteroatoms. The van der Waals surface area contributed by atoms with Crippen molar-refractivity contribution < 1.29 is 19.1 Å². The summed E-state index contributed by atoms with van der Waals surface area (Å²) >= 11 is 0. The average molecular weight is 378 g/mol. The fraction of sp³-hybridized carbons (Fsp3) is 0.273. The summed E-state index contributed by atoms with van der Waals surface area (Å²) < 4.78 is 12.4. The Hall–Kier alpha value is -3.28. The molecule has 1 amide bonds. The van der Waals surface area contributed by atoms with Crippen LogP contribution in [0.25, 0.3) is 10.9 Å². The molecule has 1 aromatic heterocycles. The van der Waals surface area contributed by atoms with E-state index in [1.54, 1.807) is 19.1 Å². The first kappa shape index (κ1) is 18.1. The summed E-state index contributed by atoms with van der Waals surface area (Å²) in [6, 6.07) is 17.0. The summed E-state index contributed by atoms with van der Waals surface area (Å²) in [5.74, 6) is -0.269. The molecular weight excluding hydrogens is 356 g/mol. The Bertz CT molecular complexity index is 1040. The predicted octanol–water partition coefficient (Wildman–Crippen LogP) is 3.11. The normalized spacial score (nSPS) is 19.2. The molecular formula is C22H22N2O4. The van der Waals surface area contributed by atoms with Gasteiger partial charge in [0.05, 0.1) is 26.2 Å². The van der Waals surface area contributed by atoms with Crippen molar-refractivity contribution in [3.8, 4) is 5.75 Å². The van der Waals surface area contributed by atoms with Crippen LogP contribution in [0.4, 0.5) is 0 Å². The predicted molar refractivity (Wildman–Crippen MR) is 106 cm³/mol. The lowest BCUT2D eigenvalue weighted by Gasteiger charge is -2.27. The Morgan fingerprint density at radius 1 is 1.07 bits per heavy atom. The van der Waals surface area contributed by atoms with Gasteiger partial charge in [-0.2, -0.15) is 0 Å². The molecule has 0 fully saturated rings. The van der Waals surface area contributed by atoms with Crippen LogP contribution in [-0.2, 0) is 9.53 Å². The maximum Gasteiger partial charge on any atom is 0.312 e. The monoisotopic (exact) mass is 378 g/mol. The average Bonchev–Trinajstić information content (AvgIpc) is 3.06. The second-order valence-corrected chi connectivity index (χ2v) is 7.00. The van der Waals surface area contributed by atoms with E-state index >= 15 is 0 Å². The number of benzene rings is 2. The number of ether oxygens (including phenoxy) is 2. The standard InChI is InChI=1S/C22H22N2O4/c1-23-13-17(22(26)28-3)20(14-7-5-4-6-8-14)24-18-10-9-16(27-2)11-15(18)12-19(24)21(23)25/h4-12,17,20H,13H2,1-3H3/t17-,20?/m0/s1. The highest BCUT2D eigenvalue weighted by molar-refractivity contribution is 6.00. The first-order valence-electron chi connectivity index (χ1n) is 9.12. The van der Waals surface area contributed by atoms with Gasteiger partial charge in [0.2, 0.25) is 0 Å². The van der Waals surface area contributed by atoms with Crippen LogP contribution in [0.2, 0.25) is 0 Å². The van der Waals surface area contributed by atoms with Gasteiger partial charge in [-0.25, -0.2) is 0 Å². The summed E-state index contributed by atoms with van der Waals surface area (Å²) in [7, 11) is 4.71. The minimum absolute atomic E-state index is 0.123. The van der Waals surface area contributed by atoms with Crippen molar-refractivity contribution in [1.82, 2.24) is 9.47 Å². The Morgan fingerprint density at radius 2 is 1.82 bits per heavy atom. The lowest BCUT2D eigenvalue weighted by molar-refractivity contribution is -0.146. The molecule has 0 bridgehead atoms. The van der Waals surface area contributed by atoms with Crippen LogP contribution in [0.1, 0.15) is 22.1 Å². The van der Waals surface area contributed by atoms with Gasteiger partial charge in [0.1, 0.15) is 11.4 Å². The fourth-order valence-corrected chi connectivity index (χ4v) is 4.05. The van der Waals surface area contributed by atoms with Crippen LogP contribution in [0.3, 0.4) is 0 Å². The number of carbonyl (C=O) groups is 2. The number of rotatable bonds is 3. The summed E-state index contributed by atoms with van der Waals surface area (Å²) in [4.78, 5) is 27.4. The lowest BCUT2D eigenvalue weighted by atomic mass is 9.92. The van der Waals surface area contributed by atoms with Gasteiger partial charge >= 0.3 is 5.97 Å². The Morgan fingerprint density at radius 3 is 2.50 bits per heavy atom. The molecule has 144 valence electrons. The van der Waals surface area contributed by atoms with Crippen molar-refractivity contribution in [2.45, 2.75) is 6.04 Å². The number of fused-ring (bicyclic) bond motifs is 3. The van der Waals surface area contributed by atoms with Crippen LogP contribution < -0.4 is 4.74 Å². The van der Waals surface area contributed by atoms with E-state index in [1.165, 1.54) is 7.11 Å². The zero-order chi connectivity index (χ0) is 19.8. The van der Waals surface area contributed by atoms with Crippen molar-refractivity contribution in [3.63, 3.8) is 0 Å². The van der Waals surface area contributed by atoms with E-state index in [0.717, 1.165) is 22.2 Å². The maximum atomic E-state index is 13.1. The quantitative estimate of drug-likeness (QED) is 0.657. The highest BCUT2D eigenvalue weighted by Crippen LogP contribution is 2.38. The number of esters is 1. The second-order valence-electron chi connectivity index (χ2n) is 7.00. The molecule has 0 spiro atoms. The van der Waals surface area contributed by atoms with Gasteiger partial charge < -0.3 is 18.9 Å². The summed E-state index contributed by atoms with van der Waals surface area (Å²) in [5.41, 5.74) is 2.38. The fourth-order valence-electron chi connectivity index (χ4n) is 4.05. The third kappa shape index (κ3) is 2.81. The molecule has 2 heterocycles. The molecule has 0 aliphatic carbocycles. The van der Waals surface area contributed by atoms with Crippen LogP contribution in [0, 0.1) is 5.92 Å². The van der Waals surface area contributed by atoms with Crippen molar-refractivity contribution in [2.75, 3.05) is 27.8 Å². The molecule has 1 unspecified atom stereocenters. The number of carbonyl (C=O) groups excluding carboxylic acids is 2. The van der Waals surface area contributed by atoms with Crippen molar-refractivity contribution >= 4 is 22.8 Å². The Kier molecular flexibility index (Phi) is 4.55. The SMILES string of the molecule is COC(=O)[C@H]1CN(C)C(=O)c2cc3cc(OC)ccc3n2C1c1ccccc1. The molecule has 0 saturated carbocycles. The van der Waals surface area contributed by atoms with Gasteiger partial charge in [0, 0.05) is 24.5 Å². The van der Waals surface area contributed by atoms with E-state index in [9.17, 15) is 9.59 Å². The molecule has 2 atom stereocenters. The number of methoxy groups -OCH3 is 2. The van der Waals surface area contributed by atoms with Gasteiger partial charge in [0.25, 0.3) is 5.91 Å². The minimum atomic E-state index is -0.527. The largest absolute Gasteiger partial charge is 0.497 e. The van der Waals surface area contributed by atoms with Gasteiger partial charge in [-0.05, 0) is 29.8 Å². The van der Waals surface area contributed by atoms with Crippen molar-refractivity contribution in [2.24, 2.45) is 5.92 Å². The molecule has 6 nitrogen and oxygen atoms in total. The van der Waals surface area contributed by atoms with E-state index in [-0.39, 0.29) is 24.5 Å². The molecule has 0 N–H and O–H groups in total. The zero-order valence-corrected chi connectivity index (χ0v) is 16.1. The Balaban J connectivity index is 2.03. The number of aromatic nitrogens is 1. The van der Waals surface area contributed by atoms with Gasteiger partial charge in [-0.3, -0.25) is 9.59 Å². The van der Waals surface area contributed by atoms with Crippen LogP contribution in [0.15, 0.2) is 54.6 Å². The zero-order valence-electron chi connectivity index (χ0n) is 16.1. The van der Waals surface area contributed by atoms with Crippen molar-refractivity contribution in [1.29, 1.82) is 0 Å². The number of nitrogens with zero attached hydrogens (tertiary/aromatic N) is 2. The summed E-state index contributed by atoms with van der Waals surface area (Å²) in [6.07, 6.45) is 0. The van der Waals surface area contributed by atoms with E-state index in [4.69, 9.17) is 9.47 Å². The van der Waals surface area contributed by atoms with Crippen LogP contribution in [0.5, 0.6) is 5.75 Å². The van der Waals surface area contributed by atoms with E-state index in [1.807, 2.05) is 59.2 Å². The third-order valence-electron chi connectivity index (χ3n) is 5.39. The second kappa shape index (κ2) is 7.03. The topological polar surface area (TPSA) is 60.8 Å². The van der Waals surface area contributed by atoms with Crippen molar-refractivity contribution in [3.05, 3.63) is 65.9 Å². The molecule has 28 heavy (non-hydrogen) atoms. The summed E-state index contributed by atoms with van der Waals surface area (Å²) in [5, 5.41) is 0.891. The van der Waals surface area contributed by atoms with Gasteiger partial charge in [-0.1, -0.05) is 30.3 Å².